The summed E-state index contributed by atoms with van der Waals surface area (Å²) in [4.78, 5) is 12.2. The summed E-state index contributed by atoms with van der Waals surface area (Å²) >= 11 is 3.40. The van der Waals surface area contributed by atoms with Gasteiger partial charge in [-0.3, -0.25) is 9.13 Å². The number of hydrogen-bond acceptors (Lipinski definition) is 4. The third-order valence-electron chi connectivity index (χ3n) is 3.36. The predicted octanol–water partition coefficient (Wildman–Crippen LogP) is 2.21. The minimum atomic E-state index is -0.216. The van der Waals surface area contributed by atoms with E-state index in [2.05, 4.69) is 26.1 Å². The molecule has 0 atom stereocenters. The normalized spacial score (nSPS) is 12.6. The summed E-state index contributed by atoms with van der Waals surface area (Å²) in [6.45, 7) is 4.21. The van der Waals surface area contributed by atoms with Crippen LogP contribution >= 0.6 is 15.9 Å². The van der Waals surface area contributed by atoms with Crippen LogP contribution in [-0.4, -0.2) is 21.5 Å². The maximum atomic E-state index is 12.2. The summed E-state index contributed by atoms with van der Waals surface area (Å²) < 4.78 is 9.33. The van der Waals surface area contributed by atoms with Crippen molar-refractivity contribution in [3.63, 3.8) is 0 Å². The molecule has 7 heteroatoms. The standard InChI is InChI=1S/C16H19BrN4O2/c1-5-23-15-10-14(20(3)16(22)21(15)4)19-18-11(2)12-6-8-13(17)9-7-12/h6-10H,5H2,1-4H3/b18-11-,19-14+. The lowest BCUT2D eigenvalue weighted by Gasteiger charge is -2.10. The molecule has 1 aromatic carbocycles. The monoisotopic (exact) mass is 378 g/mol. The Morgan fingerprint density at radius 1 is 1.22 bits per heavy atom. The van der Waals surface area contributed by atoms with Gasteiger partial charge in [-0.15, -0.1) is 5.10 Å². The third kappa shape index (κ3) is 3.98. The molecule has 0 saturated heterocycles. The second-order valence-electron chi connectivity index (χ2n) is 4.97. The zero-order chi connectivity index (χ0) is 17.0. The van der Waals surface area contributed by atoms with Crippen LogP contribution in [0.15, 0.2) is 49.8 Å². The summed E-state index contributed by atoms with van der Waals surface area (Å²) in [6, 6.07) is 9.49. The van der Waals surface area contributed by atoms with Gasteiger partial charge in [-0.1, -0.05) is 28.1 Å². The van der Waals surface area contributed by atoms with Crippen molar-refractivity contribution in [3.05, 3.63) is 56.3 Å². The molecular formula is C16H19BrN4O2. The molecule has 0 unspecified atom stereocenters. The Balaban J connectivity index is 2.48. The van der Waals surface area contributed by atoms with Crippen molar-refractivity contribution >= 4 is 21.6 Å². The fourth-order valence-corrected chi connectivity index (χ4v) is 2.24. The lowest BCUT2D eigenvalue weighted by atomic mass is 10.1. The van der Waals surface area contributed by atoms with Crippen molar-refractivity contribution in [1.29, 1.82) is 0 Å². The van der Waals surface area contributed by atoms with Crippen molar-refractivity contribution in [2.45, 2.75) is 13.8 Å². The Kier molecular flexibility index (Phi) is 5.54. The minimum absolute atomic E-state index is 0.216. The Hall–Kier alpha value is -2.15. The lowest BCUT2D eigenvalue weighted by molar-refractivity contribution is 0.305. The molecule has 122 valence electrons. The van der Waals surface area contributed by atoms with Crippen molar-refractivity contribution < 1.29 is 4.74 Å². The maximum absolute atomic E-state index is 12.2. The van der Waals surface area contributed by atoms with Gasteiger partial charge >= 0.3 is 5.69 Å². The van der Waals surface area contributed by atoms with Crippen LogP contribution in [-0.2, 0) is 14.1 Å². The molecule has 0 aliphatic heterocycles. The minimum Gasteiger partial charge on any atom is -0.479 e. The first-order valence-electron chi connectivity index (χ1n) is 7.18. The molecule has 23 heavy (non-hydrogen) atoms. The van der Waals surface area contributed by atoms with Crippen LogP contribution in [0, 0.1) is 0 Å². The highest BCUT2D eigenvalue weighted by Gasteiger charge is 2.05. The van der Waals surface area contributed by atoms with Crippen molar-refractivity contribution in [1.82, 2.24) is 9.13 Å². The predicted molar refractivity (Wildman–Crippen MR) is 93.7 cm³/mol. The molecule has 0 spiro atoms. The zero-order valence-electron chi connectivity index (χ0n) is 13.6. The van der Waals surface area contributed by atoms with E-state index in [0.717, 1.165) is 15.7 Å². The summed E-state index contributed by atoms with van der Waals surface area (Å²) in [5.74, 6) is 0.464. The topological polar surface area (TPSA) is 60.9 Å². The van der Waals surface area contributed by atoms with Gasteiger partial charge in [0.1, 0.15) is 0 Å². The second kappa shape index (κ2) is 7.41. The number of hydrogen-bond donors (Lipinski definition) is 0. The van der Waals surface area contributed by atoms with E-state index in [0.29, 0.717) is 18.0 Å². The van der Waals surface area contributed by atoms with Crippen LogP contribution in [0.4, 0.5) is 0 Å². The second-order valence-corrected chi connectivity index (χ2v) is 5.88. The molecule has 1 heterocycles. The van der Waals surface area contributed by atoms with E-state index in [-0.39, 0.29) is 5.69 Å². The molecule has 0 fully saturated rings. The van der Waals surface area contributed by atoms with Gasteiger partial charge in [-0.05, 0) is 31.5 Å². The number of halogens is 1. The van der Waals surface area contributed by atoms with Crippen LogP contribution < -0.4 is 15.9 Å². The van der Waals surface area contributed by atoms with Crippen LogP contribution in [0.5, 0.6) is 5.88 Å². The van der Waals surface area contributed by atoms with Gasteiger partial charge in [0.2, 0.25) is 5.88 Å². The SMILES string of the molecule is CCOc1c/c(=N\N=C(\C)c2ccc(Br)cc2)n(C)c(=O)n1C. The third-order valence-corrected chi connectivity index (χ3v) is 3.89. The van der Waals surface area contributed by atoms with Gasteiger partial charge in [-0.25, -0.2) is 4.79 Å². The van der Waals surface area contributed by atoms with E-state index in [1.54, 1.807) is 20.2 Å². The van der Waals surface area contributed by atoms with Crippen molar-refractivity contribution in [3.8, 4) is 5.88 Å². The fraction of sp³-hybridized carbons (Fsp3) is 0.312. The Labute approximate surface area is 142 Å². The Morgan fingerprint density at radius 2 is 1.87 bits per heavy atom. The van der Waals surface area contributed by atoms with E-state index >= 15 is 0 Å². The van der Waals surface area contributed by atoms with Gasteiger partial charge in [0.25, 0.3) is 0 Å². The number of rotatable bonds is 4. The van der Waals surface area contributed by atoms with Gasteiger partial charge in [0.15, 0.2) is 5.49 Å². The molecule has 2 aromatic rings. The molecule has 0 aliphatic rings. The molecule has 1 aromatic heterocycles. The highest BCUT2D eigenvalue weighted by atomic mass is 79.9. The van der Waals surface area contributed by atoms with E-state index in [9.17, 15) is 4.79 Å². The number of ether oxygens (including phenoxy) is 1. The molecular weight excluding hydrogens is 360 g/mol. The largest absolute Gasteiger partial charge is 0.479 e. The molecule has 2 rings (SSSR count). The molecule has 0 amide bonds. The smallest absolute Gasteiger partial charge is 0.332 e. The van der Waals surface area contributed by atoms with E-state index in [1.807, 2.05) is 38.1 Å². The first-order valence-corrected chi connectivity index (χ1v) is 7.97. The van der Waals surface area contributed by atoms with Gasteiger partial charge < -0.3 is 4.74 Å². The molecule has 0 bridgehead atoms. The molecule has 0 aliphatic carbocycles. The van der Waals surface area contributed by atoms with E-state index in [1.165, 1.54) is 9.13 Å². The summed E-state index contributed by atoms with van der Waals surface area (Å²) in [6.07, 6.45) is 0. The molecule has 0 radical (unpaired) electrons. The van der Waals surface area contributed by atoms with E-state index in [4.69, 9.17) is 4.74 Å². The fourth-order valence-electron chi connectivity index (χ4n) is 1.98. The number of aromatic nitrogens is 2. The van der Waals surface area contributed by atoms with Crippen LogP contribution in [0.3, 0.4) is 0 Å². The number of benzene rings is 1. The summed E-state index contributed by atoms with van der Waals surface area (Å²) in [7, 11) is 3.31. The molecule has 0 N–H and O–H groups in total. The average Bonchev–Trinajstić information content (AvgIpc) is 2.54. The number of nitrogens with zero attached hydrogens (tertiary/aromatic N) is 4. The van der Waals surface area contributed by atoms with Crippen molar-refractivity contribution in [2.75, 3.05) is 6.61 Å². The van der Waals surface area contributed by atoms with Crippen LogP contribution in [0.2, 0.25) is 0 Å². The molecule has 6 nitrogen and oxygen atoms in total. The van der Waals surface area contributed by atoms with Crippen LogP contribution in [0.1, 0.15) is 19.4 Å². The highest BCUT2D eigenvalue weighted by Crippen LogP contribution is 2.11. The first kappa shape index (κ1) is 17.2. The maximum Gasteiger partial charge on any atom is 0.332 e. The molecule has 0 saturated carbocycles. The van der Waals surface area contributed by atoms with Gasteiger partial charge in [0, 0.05) is 24.6 Å². The van der Waals surface area contributed by atoms with Gasteiger partial charge in [-0.2, -0.15) is 5.10 Å². The summed E-state index contributed by atoms with van der Waals surface area (Å²) in [5, 5.41) is 8.42. The quantitative estimate of drug-likeness (QED) is 0.604. The Bertz CT molecular complexity index is 848. The van der Waals surface area contributed by atoms with Gasteiger partial charge in [0.05, 0.1) is 12.3 Å². The zero-order valence-corrected chi connectivity index (χ0v) is 15.2. The van der Waals surface area contributed by atoms with Crippen LogP contribution in [0.25, 0.3) is 0 Å². The first-order chi connectivity index (χ1) is 10.9. The highest BCUT2D eigenvalue weighted by molar-refractivity contribution is 9.10. The Morgan fingerprint density at radius 3 is 2.48 bits per heavy atom. The van der Waals surface area contributed by atoms with E-state index < -0.39 is 0 Å². The average molecular weight is 379 g/mol. The lowest BCUT2D eigenvalue weighted by Crippen LogP contribution is -2.37. The summed E-state index contributed by atoms with van der Waals surface area (Å²) in [5.41, 5.74) is 1.95. The van der Waals surface area contributed by atoms with Crippen molar-refractivity contribution in [2.24, 2.45) is 24.3 Å².